The fourth-order valence-electron chi connectivity index (χ4n) is 2.19. The number of likely N-dealkylation sites (N-methyl/N-ethyl adjacent to an activating group) is 1. The van der Waals surface area contributed by atoms with E-state index in [0.717, 1.165) is 16.8 Å². The third kappa shape index (κ3) is 2.21. The van der Waals surface area contributed by atoms with Crippen LogP contribution in [0, 0.1) is 0 Å². The molecule has 0 N–H and O–H groups in total. The van der Waals surface area contributed by atoms with E-state index in [1.807, 2.05) is 25.8 Å². The van der Waals surface area contributed by atoms with Crippen molar-refractivity contribution in [2.24, 2.45) is 0 Å². The number of amides is 1. The van der Waals surface area contributed by atoms with Gasteiger partial charge in [0.05, 0.1) is 9.50 Å². The average molecular weight is 333 g/mol. The summed E-state index contributed by atoms with van der Waals surface area (Å²) in [6.07, 6.45) is 1.60. The van der Waals surface area contributed by atoms with Crippen molar-refractivity contribution < 1.29 is 4.79 Å². The molecule has 0 unspecified atom stereocenters. The van der Waals surface area contributed by atoms with Gasteiger partial charge in [-0.05, 0) is 35.8 Å². The summed E-state index contributed by atoms with van der Waals surface area (Å²) < 4.78 is 0.806. The molecule has 0 aromatic carbocycles. The number of aromatic nitrogens is 1. The molecule has 1 aromatic rings. The maximum absolute atomic E-state index is 12.2. The number of carbonyl (C=O) groups excluding carboxylic acids is 1. The smallest absolute Gasteiger partial charge is 0.247 e. The molecule has 0 aliphatic carbocycles. The summed E-state index contributed by atoms with van der Waals surface area (Å²) >= 11 is 9.35. The van der Waals surface area contributed by atoms with Gasteiger partial charge in [0, 0.05) is 26.3 Å². The van der Waals surface area contributed by atoms with E-state index in [-0.39, 0.29) is 5.91 Å². The van der Waals surface area contributed by atoms with E-state index in [9.17, 15) is 4.79 Å². The summed E-state index contributed by atoms with van der Waals surface area (Å²) in [5, 5.41) is 0.573. The Hall–Kier alpha value is -0.810. The van der Waals surface area contributed by atoms with Crippen LogP contribution in [0.2, 0.25) is 5.02 Å². The highest BCUT2D eigenvalue weighted by Crippen LogP contribution is 2.33. The van der Waals surface area contributed by atoms with Crippen LogP contribution in [0.3, 0.4) is 0 Å². The predicted octanol–water partition coefficient (Wildman–Crippen LogP) is 2.55. The van der Waals surface area contributed by atoms with Gasteiger partial charge in [0.25, 0.3) is 0 Å². The molecule has 0 atom stereocenters. The van der Waals surface area contributed by atoms with Crippen molar-refractivity contribution in [3.8, 4) is 0 Å². The second kappa shape index (κ2) is 4.70. The predicted molar refractivity (Wildman–Crippen MR) is 76.0 cm³/mol. The van der Waals surface area contributed by atoms with E-state index in [2.05, 4.69) is 20.9 Å². The Morgan fingerprint density at radius 1 is 1.44 bits per heavy atom. The van der Waals surface area contributed by atoms with Crippen LogP contribution in [0.1, 0.15) is 13.8 Å². The molecule has 4 nitrogen and oxygen atoms in total. The van der Waals surface area contributed by atoms with E-state index in [1.54, 1.807) is 17.2 Å². The van der Waals surface area contributed by atoms with E-state index in [0.29, 0.717) is 11.6 Å². The summed E-state index contributed by atoms with van der Waals surface area (Å²) in [7, 11) is 1.83. The Morgan fingerprint density at radius 2 is 2.11 bits per heavy atom. The van der Waals surface area contributed by atoms with E-state index >= 15 is 0 Å². The van der Waals surface area contributed by atoms with Gasteiger partial charge < -0.3 is 9.80 Å². The summed E-state index contributed by atoms with van der Waals surface area (Å²) in [6.45, 7) is 5.27. The second-order valence-corrected chi connectivity index (χ2v) is 6.19. The molecule has 1 saturated heterocycles. The number of nitrogens with zero attached hydrogens (tertiary/aromatic N) is 3. The first kappa shape index (κ1) is 13.6. The van der Waals surface area contributed by atoms with Crippen LogP contribution in [0.5, 0.6) is 0 Å². The number of rotatable bonds is 1. The van der Waals surface area contributed by atoms with E-state index in [1.165, 1.54) is 0 Å². The summed E-state index contributed by atoms with van der Waals surface area (Å²) in [6, 6.07) is 1.79. The molecule has 6 heteroatoms. The van der Waals surface area contributed by atoms with Crippen LogP contribution < -0.4 is 4.90 Å². The maximum Gasteiger partial charge on any atom is 0.247 e. The van der Waals surface area contributed by atoms with Crippen LogP contribution in [0.25, 0.3) is 0 Å². The van der Waals surface area contributed by atoms with Crippen molar-refractivity contribution in [3.05, 3.63) is 21.8 Å². The number of carbonyl (C=O) groups is 1. The topological polar surface area (TPSA) is 36.4 Å². The van der Waals surface area contributed by atoms with Crippen molar-refractivity contribution in [3.63, 3.8) is 0 Å². The van der Waals surface area contributed by atoms with Crippen LogP contribution in [0.15, 0.2) is 16.7 Å². The first-order valence-corrected chi connectivity index (χ1v) is 6.85. The fraction of sp³-hybridized carbons (Fsp3) is 0.500. The molecule has 0 saturated carbocycles. The van der Waals surface area contributed by atoms with Gasteiger partial charge in [0.15, 0.2) is 0 Å². The minimum Gasteiger partial charge on any atom is -0.342 e. The Bertz CT molecular complexity index is 492. The molecular formula is C12H15BrClN3O. The highest BCUT2D eigenvalue weighted by atomic mass is 79.9. The van der Waals surface area contributed by atoms with Gasteiger partial charge >= 0.3 is 0 Å². The molecule has 1 amide bonds. The lowest BCUT2D eigenvalue weighted by Gasteiger charge is -2.45. The third-order valence-corrected chi connectivity index (χ3v) is 4.04. The largest absolute Gasteiger partial charge is 0.342 e. The fourth-order valence-corrected chi connectivity index (χ4v) is 3.04. The highest BCUT2D eigenvalue weighted by Gasteiger charge is 2.41. The van der Waals surface area contributed by atoms with Crippen LogP contribution >= 0.6 is 27.5 Å². The molecule has 98 valence electrons. The summed E-state index contributed by atoms with van der Waals surface area (Å²) in [5.74, 6) is 0.850. The van der Waals surface area contributed by atoms with Crippen LogP contribution in [-0.4, -0.2) is 41.5 Å². The minimum atomic E-state index is -0.601. The number of pyridine rings is 1. The minimum absolute atomic E-state index is 0.0948. The van der Waals surface area contributed by atoms with E-state index < -0.39 is 5.54 Å². The summed E-state index contributed by atoms with van der Waals surface area (Å²) in [4.78, 5) is 20.3. The normalized spacial score (nSPS) is 19.3. The van der Waals surface area contributed by atoms with Gasteiger partial charge in [-0.1, -0.05) is 11.6 Å². The SMILES string of the molecule is CN1CCN(c2ncc(Cl)cc2Br)C(C)(C)C1=O. The molecule has 1 aliphatic rings. The quantitative estimate of drug-likeness (QED) is 0.793. The Morgan fingerprint density at radius 3 is 2.72 bits per heavy atom. The standard InChI is InChI=1S/C12H15BrClN3O/c1-12(2)11(18)16(3)4-5-17(12)10-9(13)6-8(14)7-15-10/h6-7H,4-5H2,1-3H3. The Labute approximate surface area is 120 Å². The maximum atomic E-state index is 12.2. The molecule has 2 rings (SSSR count). The van der Waals surface area contributed by atoms with Crippen LogP contribution in [0.4, 0.5) is 5.82 Å². The molecule has 0 bridgehead atoms. The average Bonchev–Trinajstić information content (AvgIpc) is 2.28. The monoisotopic (exact) mass is 331 g/mol. The molecule has 1 aromatic heterocycles. The van der Waals surface area contributed by atoms with Crippen molar-refractivity contribution in [2.45, 2.75) is 19.4 Å². The van der Waals surface area contributed by atoms with Crippen molar-refractivity contribution >= 4 is 39.3 Å². The van der Waals surface area contributed by atoms with Crippen LogP contribution in [-0.2, 0) is 4.79 Å². The second-order valence-electron chi connectivity index (χ2n) is 4.90. The zero-order valence-corrected chi connectivity index (χ0v) is 12.9. The highest BCUT2D eigenvalue weighted by molar-refractivity contribution is 9.10. The van der Waals surface area contributed by atoms with Gasteiger partial charge in [0.1, 0.15) is 11.4 Å². The number of hydrogen-bond acceptors (Lipinski definition) is 3. The molecule has 1 fully saturated rings. The molecule has 0 radical (unpaired) electrons. The first-order valence-electron chi connectivity index (χ1n) is 5.68. The number of anilines is 1. The third-order valence-electron chi connectivity index (χ3n) is 3.25. The Balaban J connectivity index is 2.41. The lowest BCUT2D eigenvalue weighted by Crippen LogP contribution is -2.62. The van der Waals surface area contributed by atoms with Crippen molar-refractivity contribution in [1.82, 2.24) is 9.88 Å². The van der Waals surface area contributed by atoms with Gasteiger partial charge in [-0.2, -0.15) is 0 Å². The zero-order valence-electron chi connectivity index (χ0n) is 10.6. The molecule has 0 spiro atoms. The molecule has 2 heterocycles. The van der Waals surface area contributed by atoms with E-state index in [4.69, 9.17) is 11.6 Å². The zero-order chi connectivity index (χ0) is 13.5. The number of piperazine rings is 1. The number of hydrogen-bond donors (Lipinski definition) is 0. The summed E-state index contributed by atoms with van der Waals surface area (Å²) in [5.41, 5.74) is -0.601. The molecule has 18 heavy (non-hydrogen) atoms. The number of halogens is 2. The Kier molecular flexibility index (Phi) is 3.56. The molecular weight excluding hydrogens is 318 g/mol. The van der Waals surface area contributed by atoms with Gasteiger partial charge in [0.2, 0.25) is 5.91 Å². The van der Waals surface area contributed by atoms with Gasteiger partial charge in [-0.3, -0.25) is 4.79 Å². The lowest BCUT2D eigenvalue weighted by atomic mass is 9.98. The van der Waals surface area contributed by atoms with Gasteiger partial charge in [-0.15, -0.1) is 0 Å². The molecule has 1 aliphatic heterocycles. The van der Waals surface area contributed by atoms with Crippen molar-refractivity contribution in [2.75, 3.05) is 25.0 Å². The first-order chi connectivity index (χ1) is 8.34. The van der Waals surface area contributed by atoms with Crippen molar-refractivity contribution in [1.29, 1.82) is 0 Å². The van der Waals surface area contributed by atoms with Gasteiger partial charge in [-0.25, -0.2) is 4.98 Å². The lowest BCUT2D eigenvalue weighted by molar-refractivity contribution is -0.136.